The Morgan fingerprint density at radius 1 is 1.35 bits per heavy atom. The number of nitrogens with one attached hydrogen (secondary N) is 1. The Hall–Kier alpha value is -2.61. The second-order valence-electron chi connectivity index (χ2n) is 6.98. The number of rotatable bonds is 4. The van der Waals surface area contributed by atoms with Crippen molar-refractivity contribution >= 4 is 11.9 Å². The summed E-state index contributed by atoms with van der Waals surface area (Å²) >= 11 is 0. The Labute approximate surface area is 150 Å². The fourth-order valence-corrected chi connectivity index (χ4v) is 3.88. The van der Waals surface area contributed by atoms with Crippen molar-refractivity contribution in [3.63, 3.8) is 0 Å². The molecule has 2 aliphatic heterocycles. The van der Waals surface area contributed by atoms with E-state index in [4.69, 9.17) is 4.42 Å². The first kappa shape index (κ1) is 16.8. The minimum absolute atomic E-state index is 0.0599. The third-order valence-corrected chi connectivity index (χ3v) is 5.36. The number of carbonyl (C=O) groups excluding carboxylic acids is 1. The van der Waals surface area contributed by atoms with E-state index in [1.54, 1.807) is 12.6 Å². The molecule has 0 unspecified atom stereocenters. The SMILES string of the molecule is O=C(O)[C@H]1Cc2nc[nH]c2CN1C(=O)C1CCN(Cc2ccco2)CC1. The molecule has 0 radical (unpaired) electrons. The average Bonchev–Trinajstić information content (AvgIpc) is 3.31. The summed E-state index contributed by atoms with van der Waals surface area (Å²) < 4.78 is 5.38. The number of aromatic nitrogens is 2. The maximum absolute atomic E-state index is 13.0. The van der Waals surface area contributed by atoms with Crippen molar-refractivity contribution in [2.45, 2.75) is 38.4 Å². The maximum Gasteiger partial charge on any atom is 0.326 e. The number of imidazole rings is 1. The zero-order chi connectivity index (χ0) is 18.1. The predicted molar refractivity (Wildman–Crippen MR) is 91.0 cm³/mol. The van der Waals surface area contributed by atoms with E-state index in [9.17, 15) is 14.7 Å². The van der Waals surface area contributed by atoms with E-state index in [0.717, 1.165) is 49.6 Å². The number of H-pyrrole nitrogens is 1. The van der Waals surface area contributed by atoms with E-state index in [2.05, 4.69) is 14.9 Å². The third kappa shape index (κ3) is 3.24. The van der Waals surface area contributed by atoms with Crippen LogP contribution in [0.3, 0.4) is 0 Å². The zero-order valence-electron chi connectivity index (χ0n) is 14.4. The first-order valence-corrected chi connectivity index (χ1v) is 8.91. The zero-order valence-corrected chi connectivity index (χ0v) is 14.4. The van der Waals surface area contributed by atoms with Gasteiger partial charge in [0.05, 0.1) is 37.1 Å². The van der Waals surface area contributed by atoms with Crippen LogP contribution in [0.4, 0.5) is 0 Å². The van der Waals surface area contributed by atoms with Gasteiger partial charge in [0.1, 0.15) is 11.8 Å². The average molecular weight is 358 g/mol. The molecule has 8 heteroatoms. The van der Waals surface area contributed by atoms with Gasteiger partial charge in [0, 0.05) is 12.3 Å². The number of carboxylic acids is 1. The number of aliphatic carboxylic acids is 1. The van der Waals surface area contributed by atoms with Gasteiger partial charge in [-0.1, -0.05) is 0 Å². The van der Waals surface area contributed by atoms with Crippen molar-refractivity contribution < 1.29 is 19.1 Å². The van der Waals surface area contributed by atoms with E-state index in [-0.39, 0.29) is 24.8 Å². The van der Waals surface area contributed by atoms with Crippen LogP contribution in [0.5, 0.6) is 0 Å². The number of furan rings is 1. The molecule has 1 saturated heterocycles. The summed E-state index contributed by atoms with van der Waals surface area (Å²) in [5.41, 5.74) is 1.58. The van der Waals surface area contributed by atoms with Crippen LogP contribution in [0.1, 0.15) is 30.0 Å². The molecule has 1 fully saturated rings. The Morgan fingerprint density at radius 2 is 2.15 bits per heavy atom. The second kappa shape index (κ2) is 6.95. The second-order valence-corrected chi connectivity index (χ2v) is 6.98. The minimum Gasteiger partial charge on any atom is -0.480 e. The molecular weight excluding hydrogens is 336 g/mol. The summed E-state index contributed by atoms with van der Waals surface area (Å²) in [6, 6.07) is 2.99. The van der Waals surface area contributed by atoms with Crippen LogP contribution in [0, 0.1) is 5.92 Å². The van der Waals surface area contributed by atoms with Gasteiger partial charge in [-0.3, -0.25) is 9.69 Å². The number of aromatic amines is 1. The van der Waals surface area contributed by atoms with Gasteiger partial charge in [-0.2, -0.15) is 0 Å². The van der Waals surface area contributed by atoms with Crippen LogP contribution >= 0.6 is 0 Å². The number of hydrogen-bond donors (Lipinski definition) is 2. The van der Waals surface area contributed by atoms with Gasteiger partial charge in [-0.15, -0.1) is 0 Å². The number of amides is 1. The van der Waals surface area contributed by atoms with Crippen molar-refractivity contribution in [2.24, 2.45) is 5.92 Å². The molecule has 4 heterocycles. The van der Waals surface area contributed by atoms with E-state index < -0.39 is 12.0 Å². The Kier molecular flexibility index (Phi) is 4.50. The number of hydrogen-bond acceptors (Lipinski definition) is 5. The van der Waals surface area contributed by atoms with Gasteiger partial charge < -0.3 is 19.4 Å². The number of fused-ring (bicyclic) bond motifs is 1. The van der Waals surface area contributed by atoms with Crippen LogP contribution in [0.15, 0.2) is 29.1 Å². The Morgan fingerprint density at radius 3 is 2.85 bits per heavy atom. The fraction of sp³-hybridized carbons (Fsp3) is 0.500. The number of carbonyl (C=O) groups is 2. The normalized spacial score (nSPS) is 21.5. The molecule has 0 bridgehead atoms. The molecule has 0 spiro atoms. The molecule has 0 aromatic carbocycles. The molecule has 0 aliphatic carbocycles. The number of carboxylic acid groups (broad SMARTS) is 1. The van der Waals surface area contributed by atoms with Gasteiger partial charge in [-0.25, -0.2) is 9.78 Å². The highest BCUT2D eigenvalue weighted by molar-refractivity contribution is 5.85. The van der Waals surface area contributed by atoms with Crippen molar-refractivity contribution in [1.29, 1.82) is 0 Å². The molecule has 2 aromatic rings. The van der Waals surface area contributed by atoms with Crippen LogP contribution < -0.4 is 0 Å². The molecule has 26 heavy (non-hydrogen) atoms. The lowest BCUT2D eigenvalue weighted by molar-refractivity contribution is -0.154. The molecule has 2 aromatic heterocycles. The van der Waals surface area contributed by atoms with E-state index in [0.29, 0.717) is 0 Å². The molecule has 0 saturated carbocycles. The van der Waals surface area contributed by atoms with Crippen molar-refractivity contribution in [2.75, 3.05) is 13.1 Å². The van der Waals surface area contributed by atoms with Gasteiger partial charge in [0.2, 0.25) is 5.91 Å². The van der Waals surface area contributed by atoms with Gasteiger partial charge >= 0.3 is 5.97 Å². The molecule has 8 nitrogen and oxygen atoms in total. The highest BCUT2D eigenvalue weighted by atomic mass is 16.4. The van der Waals surface area contributed by atoms with Crippen molar-refractivity contribution in [3.8, 4) is 0 Å². The standard InChI is InChI=1S/C18H22N4O4/c23-17(12-3-5-21(6-4-12)9-13-2-1-7-26-13)22-10-15-14(19-11-20-15)8-16(22)18(24)25/h1-2,7,11-12,16H,3-6,8-10H2,(H,19,20)(H,24,25)/t16-/m1/s1. The largest absolute Gasteiger partial charge is 0.480 e. The monoisotopic (exact) mass is 358 g/mol. The minimum atomic E-state index is -0.970. The van der Waals surface area contributed by atoms with E-state index >= 15 is 0 Å². The highest BCUT2D eigenvalue weighted by Gasteiger charge is 2.39. The number of likely N-dealkylation sites (tertiary alicyclic amines) is 1. The lowest BCUT2D eigenvalue weighted by Gasteiger charge is -2.37. The molecule has 2 N–H and O–H groups in total. The summed E-state index contributed by atoms with van der Waals surface area (Å²) in [7, 11) is 0. The van der Waals surface area contributed by atoms with Crippen LogP contribution in [0.2, 0.25) is 0 Å². The lowest BCUT2D eigenvalue weighted by Crippen LogP contribution is -2.52. The lowest BCUT2D eigenvalue weighted by atomic mass is 9.92. The molecule has 1 amide bonds. The Balaban J connectivity index is 1.40. The summed E-state index contributed by atoms with van der Waals surface area (Å²) in [6.07, 6.45) is 4.95. The van der Waals surface area contributed by atoms with Crippen LogP contribution in [-0.4, -0.2) is 55.9 Å². The molecule has 4 rings (SSSR count). The Bertz CT molecular complexity index is 777. The first-order chi connectivity index (χ1) is 12.6. The molecule has 2 aliphatic rings. The summed E-state index contributed by atoms with van der Waals surface area (Å²) in [5, 5.41) is 9.55. The van der Waals surface area contributed by atoms with Crippen molar-refractivity contribution in [1.82, 2.24) is 19.8 Å². The predicted octanol–water partition coefficient (Wildman–Crippen LogP) is 1.25. The summed E-state index contributed by atoms with van der Waals surface area (Å²) in [5.74, 6) is -0.241. The van der Waals surface area contributed by atoms with Crippen LogP contribution in [-0.2, 0) is 29.1 Å². The maximum atomic E-state index is 13.0. The molecule has 1 atom stereocenters. The third-order valence-electron chi connectivity index (χ3n) is 5.36. The summed E-state index contributed by atoms with van der Waals surface area (Å²) in [4.78, 5) is 35.6. The number of piperidine rings is 1. The smallest absolute Gasteiger partial charge is 0.326 e. The van der Waals surface area contributed by atoms with Crippen molar-refractivity contribution in [3.05, 3.63) is 41.9 Å². The van der Waals surface area contributed by atoms with E-state index in [1.165, 1.54) is 4.90 Å². The topological polar surface area (TPSA) is 103 Å². The van der Waals surface area contributed by atoms with Gasteiger partial charge in [-0.05, 0) is 38.1 Å². The molecule has 138 valence electrons. The van der Waals surface area contributed by atoms with E-state index in [1.807, 2.05) is 12.1 Å². The number of nitrogens with zero attached hydrogens (tertiary/aromatic N) is 3. The molecular formula is C18H22N4O4. The highest BCUT2D eigenvalue weighted by Crippen LogP contribution is 2.27. The fourth-order valence-electron chi connectivity index (χ4n) is 3.88. The summed E-state index contributed by atoms with van der Waals surface area (Å²) in [6.45, 7) is 2.64. The van der Waals surface area contributed by atoms with Gasteiger partial charge in [0.25, 0.3) is 0 Å². The van der Waals surface area contributed by atoms with Crippen LogP contribution in [0.25, 0.3) is 0 Å². The van der Waals surface area contributed by atoms with Gasteiger partial charge in [0.15, 0.2) is 0 Å². The quantitative estimate of drug-likeness (QED) is 0.853. The first-order valence-electron chi connectivity index (χ1n) is 8.91.